The Balaban J connectivity index is 1.80. The first-order valence-electron chi connectivity index (χ1n) is 5.46. The van der Waals surface area contributed by atoms with Crippen molar-refractivity contribution in [1.29, 1.82) is 0 Å². The number of aromatic nitrogens is 4. The number of hydrogen-bond acceptors (Lipinski definition) is 6. The summed E-state index contributed by atoms with van der Waals surface area (Å²) < 4.78 is 0. The van der Waals surface area contributed by atoms with Crippen molar-refractivity contribution in [2.75, 3.05) is 5.32 Å². The molecule has 1 aromatic carbocycles. The number of anilines is 2. The molecular weight excluding hydrogens is 282 g/mol. The first-order chi connectivity index (χ1) is 9.31. The highest BCUT2D eigenvalue weighted by Crippen LogP contribution is 2.27. The highest BCUT2D eigenvalue weighted by molar-refractivity contribution is 7.18. The molecule has 0 aliphatic rings. The van der Waals surface area contributed by atoms with Gasteiger partial charge >= 0.3 is 0 Å². The Kier molecular flexibility index (Phi) is 3.35. The number of halogens is 1. The molecule has 0 aliphatic heterocycles. The van der Waals surface area contributed by atoms with Crippen LogP contribution in [-0.4, -0.2) is 20.4 Å². The van der Waals surface area contributed by atoms with E-state index < -0.39 is 0 Å². The van der Waals surface area contributed by atoms with Crippen LogP contribution in [0.5, 0.6) is 0 Å². The van der Waals surface area contributed by atoms with Crippen LogP contribution >= 0.6 is 22.9 Å². The molecule has 0 atom stereocenters. The fraction of sp³-hybridized carbons (Fsp3) is 0. The van der Waals surface area contributed by atoms with Crippen LogP contribution in [0.3, 0.4) is 0 Å². The summed E-state index contributed by atoms with van der Waals surface area (Å²) in [7, 11) is 0. The van der Waals surface area contributed by atoms with E-state index in [4.69, 9.17) is 11.6 Å². The average Bonchev–Trinajstić information content (AvgIpc) is 2.91. The van der Waals surface area contributed by atoms with Gasteiger partial charge in [0.25, 0.3) is 0 Å². The van der Waals surface area contributed by atoms with Crippen molar-refractivity contribution in [3.05, 3.63) is 47.6 Å². The zero-order chi connectivity index (χ0) is 13.1. The Labute approximate surface area is 118 Å². The SMILES string of the molecule is Clc1ccc(Nc2nnc(-c3ccccc3)s2)nn1. The molecule has 7 heteroatoms. The second-order valence-corrected chi connectivity index (χ2v) is 5.01. The predicted molar refractivity (Wildman–Crippen MR) is 75.7 cm³/mol. The van der Waals surface area contributed by atoms with Gasteiger partial charge in [0.05, 0.1) is 0 Å². The van der Waals surface area contributed by atoms with E-state index in [1.54, 1.807) is 12.1 Å². The summed E-state index contributed by atoms with van der Waals surface area (Å²) in [4.78, 5) is 0. The first-order valence-corrected chi connectivity index (χ1v) is 6.66. The van der Waals surface area contributed by atoms with E-state index in [0.29, 0.717) is 16.1 Å². The molecule has 19 heavy (non-hydrogen) atoms. The molecule has 0 unspecified atom stereocenters. The maximum absolute atomic E-state index is 5.67. The lowest BCUT2D eigenvalue weighted by molar-refractivity contribution is 1.03. The zero-order valence-corrected chi connectivity index (χ0v) is 11.2. The van der Waals surface area contributed by atoms with E-state index in [0.717, 1.165) is 10.6 Å². The van der Waals surface area contributed by atoms with Gasteiger partial charge in [-0.2, -0.15) is 0 Å². The van der Waals surface area contributed by atoms with Crippen LogP contribution < -0.4 is 5.32 Å². The lowest BCUT2D eigenvalue weighted by Crippen LogP contribution is -1.94. The van der Waals surface area contributed by atoms with E-state index in [1.807, 2.05) is 30.3 Å². The molecule has 94 valence electrons. The van der Waals surface area contributed by atoms with Gasteiger partial charge in [0.1, 0.15) is 5.01 Å². The number of nitrogens with one attached hydrogen (secondary N) is 1. The van der Waals surface area contributed by atoms with E-state index >= 15 is 0 Å². The van der Waals surface area contributed by atoms with E-state index in [9.17, 15) is 0 Å². The molecule has 0 bridgehead atoms. The molecule has 0 amide bonds. The lowest BCUT2D eigenvalue weighted by atomic mass is 10.2. The van der Waals surface area contributed by atoms with Crippen LogP contribution in [0, 0.1) is 0 Å². The van der Waals surface area contributed by atoms with E-state index in [-0.39, 0.29) is 0 Å². The average molecular weight is 290 g/mol. The summed E-state index contributed by atoms with van der Waals surface area (Å²) in [6, 6.07) is 13.3. The van der Waals surface area contributed by atoms with Crippen molar-refractivity contribution in [3.8, 4) is 10.6 Å². The maximum atomic E-state index is 5.67. The highest BCUT2D eigenvalue weighted by atomic mass is 35.5. The largest absolute Gasteiger partial charge is 0.313 e. The molecule has 1 N–H and O–H groups in total. The van der Waals surface area contributed by atoms with Crippen molar-refractivity contribution in [2.24, 2.45) is 0 Å². The molecule has 0 fully saturated rings. The maximum Gasteiger partial charge on any atom is 0.211 e. The summed E-state index contributed by atoms with van der Waals surface area (Å²) >= 11 is 7.12. The predicted octanol–water partition coefficient (Wildman–Crippen LogP) is 3.39. The van der Waals surface area contributed by atoms with Crippen LogP contribution in [0.1, 0.15) is 0 Å². The number of nitrogens with zero attached hydrogens (tertiary/aromatic N) is 4. The molecule has 5 nitrogen and oxygen atoms in total. The summed E-state index contributed by atoms with van der Waals surface area (Å²) in [5, 5.41) is 20.8. The van der Waals surface area contributed by atoms with Crippen molar-refractivity contribution < 1.29 is 0 Å². The topological polar surface area (TPSA) is 63.6 Å². The molecule has 2 heterocycles. The van der Waals surface area contributed by atoms with Gasteiger partial charge in [-0.1, -0.05) is 53.3 Å². The molecule has 0 aliphatic carbocycles. The third kappa shape index (κ3) is 2.86. The number of rotatable bonds is 3. The minimum absolute atomic E-state index is 0.354. The minimum atomic E-state index is 0.354. The monoisotopic (exact) mass is 289 g/mol. The molecule has 0 saturated heterocycles. The fourth-order valence-corrected chi connectivity index (χ4v) is 2.32. The van der Waals surface area contributed by atoms with Gasteiger partial charge in [-0.3, -0.25) is 0 Å². The highest BCUT2D eigenvalue weighted by Gasteiger charge is 2.06. The number of benzene rings is 1. The normalized spacial score (nSPS) is 10.4. The van der Waals surface area contributed by atoms with Crippen molar-refractivity contribution >= 4 is 33.9 Å². The molecule has 2 aromatic heterocycles. The van der Waals surface area contributed by atoms with Gasteiger partial charge in [0, 0.05) is 5.56 Å². The van der Waals surface area contributed by atoms with Gasteiger partial charge < -0.3 is 5.32 Å². The minimum Gasteiger partial charge on any atom is -0.313 e. The quantitative estimate of drug-likeness (QED) is 0.800. The molecule has 0 saturated carbocycles. The van der Waals surface area contributed by atoms with E-state index in [1.165, 1.54) is 11.3 Å². The first kappa shape index (κ1) is 12.0. The molecule has 3 aromatic rings. The second kappa shape index (κ2) is 5.29. The molecule has 0 spiro atoms. The number of hydrogen-bond donors (Lipinski definition) is 1. The summed E-state index contributed by atoms with van der Waals surface area (Å²) in [5.74, 6) is 0.583. The second-order valence-electron chi connectivity index (χ2n) is 3.64. The summed E-state index contributed by atoms with van der Waals surface area (Å²) in [5.41, 5.74) is 1.04. The lowest BCUT2D eigenvalue weighted by Gasteiger charge is -1.98. The Bertz CT molecular complexity index is 668. The standard InChI is InChI=1S/C12H8ClN5S/c13-9-6-7-10(16-15-9)14-12-18-17-11(19-12)8-4-2-1-3-5-8/h1-7H,(H,14,16,18). The Morgan fingerprint density at radius 2 is 1.74 bits per heavy atom. The third-order valence-electron chi connectivity index (χ3n) is 2.31. The molecular formula is C12H8ClN5S. The van der Waals surface area contributed by atoms with E-state index in [2.05, 4.69) is 25.7 Å². The Morgan fingerprint density at radius 3 is 2.47 bits per heavy atom. The van der Waals surface area contributed by atoms with Crippen LogP contribution in [0.15, 0.2) is 42.5 Å². The van der Waals surface area contributed by atoms with Gasteiger partial charge in [0.2, 0.25) is 5.13 Å². The van der Waals surface area contributed by atoms with Gasteiger partial charge in [0.15, 0.2) is 11.0 Å². The van der Waals surface area contributed by atoms with Crippen molar-refractivity contribution in [1.82, 2.24) is 20.4 Å². The van der Waals surface area contributed by atoms with Crippen LogP contribution in [-0.2, 0) is 0 Å². The third-order valence-corrected chi connectivity index (χ3v) is 3.40. The van der Waals surface area contributed by atoms with Crippen LogP contribution in [0.2, 0.25) is 5.15 Å². The molecule has 0 radical (unpaired) electrons. The van der Waals surface area contributed by atoms with Gasteiger partial charge in [-0.15, -0.1) is 20.4 Å². The fourth-order valence-electron chi connectivity index (χ4n) is 1.46. The van der Waals surface area contributed by atoms with Crippen molar-refractivity contribution in [2.45, 2.75) is 0 Å². The summed E-state index contributed by atoms with van der Waals surface area (Å²) in [6.07, 6.45) is 0. The summed E-state index contributed by atoms with van der Waals surface area (Å²) in [6.45, 7) is 0. The van der Waals surface area contributed by atoms with Crippen LogP contribution in [0.25, 0.3) is 10.6 Å². The smallest absolute Gasteiger partial charge is 0.211 e. The van der Waals surface area contributed by atoms with Crippen molar-refractivity contribution in [3.63, 3.8) is 0 Å². The van der Waals surface area contributed by atoms with Crippen LogP contribution in [0.4, 0.5) is 10.9 Å². The molecule has 3 rings (SSSR count). The Morgan fingerprint density at radius 1 is 0.895 bits per heavy atom. The zero-order valence-electron chi connectivity index (χ0n) is 9.62. The Hall–Kier alpha value is -2.05. The van der Waals surface area contributed by atoms with Gasteiger partial charge in [-0.25, -0.2) is 0 Å². The van der Waals surface area contributed by atoms with Gasteiger partial charge in [-0.05, 0) is 12.1 Å².